The Labute approximate surface area is 206 Å². The van der Waals surface area contributed by atoms with Gasteiger partial charge < -0.3 is 20.1 Å². The molecule has 8 nitrogen and oxygen atoms in total. The molecule has 1 heterocycles. The first-order chi connectivity index (χ1) is 15.2. The highest BCUT2D eigenvalue weighted by Crippen LogP contribution is 2.28. The average Bonchev–Trinajstić information content (AvgIpc) is 3.33. The van der Waals surface area contributed by atoms with Crippen molar-refractivity contribution in [3.8, 4) is 22.9 Å². The van der Waals surface area contributed by atoms with E-state index in [2.05, 4.69) is 49.0 Å². The highest BCUT2D eigenvalue weighted by atomic mass is 127. The summed E-state index contributed by atoms with van der Waals surface area (Å²) in [6.45, 7) is 6.56. The third-order valence-electron chi connectivity index (χ3n) is 4.61. The minimum Gasteiger partial charge on any atom is -0.490 e. The Balaban J connectivity index is 0.00000363. The van der Waals surface area contributed by atoms with E-state index in [0.29, 0.717) is 19.8 Å². The third kappa shape index (κ3) is 7.40. The van der Waals surface area contributed by atoms with E-state index in [4.69, 9.17) is 9.47 Å². The van der Waals surface area contributed by atoms with Crippen LogP contribution in [0.5, 0.6) is 11.5 Å². The maximum absolute atomic E-state index is 5.71. The molecule has 32 heavy (non-hydrogen) atoms. The molecule has 0 spiro atoms. The van der Waals surface area contributed by atoms with Gasteiger partial charge in [-0.15, -0.1) is 24.0 Å². The molecule has 0 saturated heterocycles. The number of aromatic amines is 1. The van der Waals surface area contributed by atoms with Crippen LogP contribution in [0.2, 0.25) is 0 Å². The van der Waals surface area contributed by atoms with Gasteiger partial charge in [0.2, 0.25) is 0 Å². The molecule has 0 fully saturated rings. The number of halogens is 1. The number of nitrogens with zero attached hydrogens (tertiary/aromatic N) is 3. The molecule has 0 aliphatic carbocycles. The highest BCUT2D eigenvalue weighted by molar-refractivity contribution is 14.0. The molecule has 3 aromatic rings. The van der Waals surface area contributed by atoms with Crippen molar-refractivity contribution in [3.05, 3.63) is 59.9 Å². The van der Waals surface area contributed by atoms with Crippen LogP contribution in [-0.2, 0) is 13.0 Å². The van der Waals surface area contributed by atoms with Gasteiger partial charge in [0.1, 0.15) is 6.33 Å². The number of aliphatic imine (C=N–C) groups is 1. The van der Waals surface area contributed by atoms with E-state index in [-0.39, 0.29) is 24.0 Å². The molecule has 2 aromatic carbocycles. The lowest BCUT2D eigenvalue weighted by molar-refractivity contribution is 0.287. The van der Waals surface area contributed by atoms with E-state index >= 15 is 0 Å². The van der Waals surface area contributed by atoms with Gasteiger partial charge in [-0.05, 0) is 49.6 Å². The van der Waals surface area contributed by atoms with Crippen molar-refractivity contribution in [1.29, 1.82) is 0 Å². The first-order valence-electron chi connectivity index (χ1n) is 10.5. The molecule has 0 unspecified atom stereocenters. The Hall–Kier alpha value is -2.82. The molecule has 0 aliphatic rings. The zero-order valence-corrected chi connectivity index (χ0v) is 21.1. The molecule has 0 bridgehead atoms. The van der Waals surface area contributed by atoms with Crippen molar-refractivity contribution in [3.63, 3.8) is 0 Å². The standard InChI is InChI=1S/C23H30N6O2.HI/c1-4-30-20-10-9-17(14-21(20)31-5-2)11-12-25-23(24-3)26-15-18-7-6-8-19(13-18)22-27-16-28-29-22;/h6-10,13-14,16H,4-5,11-12,15H2,1-3H3,(H2,24,25,26)(H,27,28,29);1H. The normalized spacial score (nSPS) is 10.9. The fourth-order valence-electron chi connectivity index (χ4n) is 3.16. The Morgan fingerprint density at radius 1 is 1.00 bits per heavy atom. The number of benzene rings is 2. The van der Waals surface area contributed by atoms with Crippen molar-refractivity contribution >= 4 is 29.9 Å². The lowest BCUT2D eigenvalue weighted by Crippen LogP contribution is -2.37. The van der Waals surface area contributed by atoms with Gasteiger partial charge in [0.15, 0.2) is 23.3 Å². The van der Waals surface area contributed by atoms with Crippen molar-refractivity contribution < 1.29 is 9.47 Å². The Morgan fingerprint density at radius 2 is 1.81 bits per heavy atom. The van der Waals surface area contributed by atoms with Crippen molar-refractivity contribution in [2.75, 3.05) is 26.8 Å². The molecule has 0 radical (unpaired) electrons. The Kier molecular flexibility index (Phi) is 10.8. The first-order valence-corrected chi connectivity index (χ1v) is 10.5. The maximum Gasteiger partial charge on any atom is 0.191 e. The number of ether oxygens (including phenoxy) is 2. The molecule has 0 saturated carbocycles. The minimum atomic E-state index is 0. The van der Waals surface area contributed by atoms with Crippen LogP contribution in [0.15, 0.2) is 53.8 Å². The summed E-state index contributed by atoms with van der Waals surface area (Å²) >= 11 is 0. The summed E-state index contributed by atoms with van der Waals surface area (Å²) in [4.78, 5) is 8.52. The van der Waals surface area contributed by atoms with Crippen LogP contribution < -0.4 is 20.1 Å². The fraction of sp³-hybridized carbons (Fsp3) is 0.348. The quantitative estimate of drug-likeness (QED) is 0.202. The van der Waals surface area contributed by atoms with Crippen LogP contribution in [0, 0.1) is 0 Å². The summed E-state index contributed by atoms with van der Waals surface area (Å²) in [5.41, 5.74) is 3.31. The summed E-state index contributed by atoms with van der Waals surface area (Å²) < 4.78 is 11.3. The number of hydrogen-bond acceptors (Lipinski definition) is 5. The van der Waals surface area contributed by atoms with E-state index in [1.165, 1.54) is 11.9 Å². The summed E-state index contributed by atoms with van der Waals surface area (Å²) in [5.74, 6) is 3.08. The molecular weight excluding hydrogens is 519 g/mol. The molecule has 3 rings (SSSR count). The Bertz CT molecular complexity index is 978. The van der Waals surface area contributed by atoms with E-state index in [1.807, 2.05) is 38.1 Å². The molecule has 9 heteroatoms. The lowest BCUT2D eigenvalue weighted by Gasteiger charge is -2.14. The summed E-state index contributed by atoms with van der Waals surface area (Å²) in [7, 11) is 1.77. The van der Waals surface area contributed by atoms with Crippen molar-refractivity contribution in [2.45, 2.75) is 26.8 Å². The minimum absolute atomic E-state index is 0. The highest BCUT2D eigenvalue weighted by Gasteiger charge is 2.07. The molecule has 1 aromatic heterocycles. The van der Waals surface area contributed by atoms with E-state index < -0.39 is 0 Å². The van der Waals surface area contributed by atoms with Crippen LogP contribution in [0.25, 0.3) is 11.4 Å². The van der Waals surface area contributed by atoms with E-state index in [0.717, 1.165) is 47.4 Å². The number of rotatable bonds is 10. The molecule has 0 amide bonds. The van der Waals surface area contributed by atoms with Crippen LogP contribution in [0.4, 0.5) is 0 Å². The predicted octanol–water partition coefficient (Wildman–Crippen LogP) is 3.79. The van der Waals surface area contributed by atoms with Gasteiger partial charge in [0.05, 0.1) is 13.2 Å². The summed E-state index contributed by atoms with van der Waals surface area (Å²) in [6.07, 6.45) is 2.35. The summed E-state index contributed by atoms with van der Waals surface area (Å²) in [6, 6.07) is 14.2. The SMILES string of the molecule is CCOc1ccc(CCNC(=NC)NCc2cccc(-c3ncn[nH]3)c2)cc1OCC.I. The predicted molar refractivity (Wildman–Crippen MR) is 138 cm³/mol. The number of guanidine groups is 1. The van der Waals surface area contributed by atoms with Crippen LogP contribution >= 0.6 is 24.0 Å². The topological polar surface area (TPSA) is 96.5 Å². The first kappa shape index (κ1) is 25.4. The van der Waals surface area contributed by atoms with Gasteiger partial charge in [-0.1, -0.05) is 24.3 Å². The smallest absolute Gasteiger partial charge is 0.191 e. The third-order valence-corrected chi connectivity index (χ3v) is 4.61. The van der Waals surface area contributed by atoms with Gasteiger partial charge >= 0.3 is 0 Å². The number of H-pyrrole nitrogens is 1. The van der Waals surface area contributed by atoms with Gasteiger partial charge in [-0.3, -0.25) is 10.1 Å². The number of nitrogens with one attached hydrogen (secondary N) is 3. The molecular formula is C23H31IN6O2. The van der Waals surface area contributed by atoms with Crippen molar-refractivity contribution in [2.24, 2.45) is 4.99 Å². The second-order valence-electron chi connectivity index (χ2n) is 6.78. The van der Waals surface area contributed by atoms with Crippen LogP contribution in [-0.4, -0.2) is 47.9 Å². The molecule has 3 N–H and O–H groups in total. The average molecular weight is 550 g/mol. The number of hydrogen-bond donors (Lipinski definition) is 3. The van der Waals surface area contributed by atoms with Gasteiger partial charge in [0, 0.05) is 25.7 Å². The Morgan fingerprint density at radius 3 is 2.53 bits per heavy atom. The zero-order valence-electron chi connectivity index (χ0n) is 18.7. The largest absolute Gasteiger partial charge is 0.490 e. The maximum atomic E-state index is 5.71. The lowest BCUT2D eigenvalue weighted by atomic mass is 10.1. The molecule has 172 valence electrons. The van der Waals surface area contributed by atoms with Crippen molar-refractivity contribution in [1.82, 2.24) is 25.8 Å². The van der Waals surface area contributed by atoms with E-state index in [9.17, 15) is 0 Å². The van der Waals surface area contributed by atoms with E-state index in [1.54, 1.807) is 7.05 Å². The van der Waals surface area contributed by atoms with Crippen LogP contribution in [0.1, 0.15) is 25.0 Å². The fourth-order valence-corrected chi connectivity index (χ4v) is 3.16. The van der Waals surface area contributed by atoms with Gasteiger partial charge in [-0.2, -0.15) is 5.10 Å². The molecule has 0 aliphatic heterocycles. The second-order valence-corrected chi connectivity index (χ2v) is 6.78. The number of aromatic nitrogens is 3. The van der Waals surface area contributed by atoms with Gasteiger partial charge in [-0.25, -0.2) is 4.98 Å². The molecule has 0 atom stereocenters. The second kappa shape index (κ2) is 13.6. The monoisotopic (exact) mass is 550 g/mol. The van der Waals surface area contributed by atoms with Gasteiger partial charge in [0.25, 0.3) is 0 Å². The van der Waals surface area contributed by atoms with Crippen LogP contribution in [0.3, 0.4) is 0 Å². The summed E-state index contributed by atoms with van der Waals surface area (Å²) in [5, 5.41) is 13.5. The zero-order chi connectivity index (χ0) is 21.9.